The molecule has 108 valence electrons. The molecule has 4 heteroatoms. The predicted molar refractivity (Wildman–Crippen MR) is 81.3 cm³/mol. The first kappa shape index (κ1) is 16.2. The van der Waals surface area contributed by atoms with Crippen LogP contribution in [0.2, 0.25) is 0 Å². The van der Waals surface area contributed by atoms with E-state index in [1.54, 1.807) is 6.92 Å². The zero-order chi connectivity index (χ0) is 14.6. The molecule has 0 aliphatic rings. The van der Waals surface area contributed by atoms with E-state index in [4.69, 9.17) is 0 Å². The van der Waals surface area contributed by atoms with Crippen LogP contribution in [-0.2, 0) is 22.7 Å². The molecular weight excluding hydrogens is 258 g/mol. The van der Waals surface area contributed by atoms with Crippen LogP contribution in [-0.4, -0.2) is 27.0 Å². The summed E-state index contributed by atoms with van der Waals surface area (Å²) >= 11 is 0. The highest BCUT2D eigenvalue weighted by Crippen LogP contribution is 2.26. The summed E-state index contributed by atoms with van der Waals surface area (Å²) in [6.45, 7) is 5.98. The average molecular weight is 283 g/mol. The molecule has 0 bridgehead atoms. The lowest BCUT2D eigenvalue weighted by Crippen LogP contribution is -2.33. The van der Waals surface area contributed by atoms with E-state index in [2.05, 4.69) is 37.4 Å². The lowest BCUT2D eigenvalue weighted by Gasteiger charge is -2.25. The summed E-state index contributed by atoms with van der Waals surface area (Å²) in [7, 11) is -1.25. The first-order valence-corrected chi connectivity index (χ1v) is 8.78. The SMILES string of the molecule is CCc1ccc(CC)c(C(NC)C(C)S(C)(=O)=O)c1. The van der Waals surface area contributed by atoms with Crippen LogP contribution >= 0.6 is 0 Å². The van der Waals surface area contributed by atoms with Crippen LogP contribution in [0.1, 0.15) is 43.5 Å². The maximum atomic E-state index is 11.8. The molecule has 0 heterocycles. The van der Waals surface area contributed by atoms with Gasteiger partial charge in [0.25, 0.3) is 0 Å². The first-order valence-electron chi connectivity index (χ1n) is 6.82. The van der Waals surface area contributed by atoms with Gasteiger partial charge < -0.3 is 5.32 Å². The molecule has 0 amide bonds. The third kappa shape index (κ3) is 3.80. The van der Waals surface area contributed by atoms with Gasteiger partial charge in [-0.15, -0.1) is 0 Å². The monoisotopic (exact) mass is 283 g/mol. The Morgan fingerprint density at radius 3 is 2.26 bits per heavy atom. The Hall–Kier alpha value is -0.870. The summed E-state index contributed by atoms with van der Waals surface area (Å²) in [6, 6.07) is 6.23. The van der Waals surface area contributed by atoms with Crippen LogP contribution in [0.15, 0.2) is 18.2 Å². The maximum Gasteiger partial charge on any atom is 0.151 e. The van der Waals surface area contributed by atoms with E-state index in [1.807, 2.05) is 7.05 Å². The molecule has 0 aliphatic carbocycles. The Labute approximate surface area is 117 Å². The molecule has 0 saturated heterocycles. The molecule has 0 saturated carbocycles. The van der Waals surface area contributed by atoms with Gasteiger partial charge in [0.05, 0.1) is 5.25 Å². The third-order valence-electron chi connectivity index (χ3n) is 3.79. The van der Waals surface area contributed by atoms with Crippen molar-refractivity contribution in [2.24, 2.45) is 0 Å². The second kappa shape index (κ2) is 6.53. The van der Waals surface area contributed by atoms with E-state index in [9.17, 15) is 8.42 Å². The van der Waals surface area contributed by atoms with Crippen molar-refractivity contribution in [3.8, 4) is 0 Å². The van der Waals surface area contributed by atoms with Gasteiger partial charge in [-0.25, -0.2) is 8.42 Å². The fourth-order valence-electron chi connectivity index (χ4n) is 2.37. The highest BCUT2D eigenvalue weighted by atomic mass is 32.2. The average Bonchev–Trinajstić information content (AvgIpc) is 2.38. The van der Waals surface area contributed by atoms with Gasteiger partial charge in [-0.05, 0) is 43.5 Å². The molecule has 1 rings (SSSR count). The van der Waals surface area contributed by atoms with Crippen molar-refractivity contribution in [2.75, 3.05) is 13.3 Å². The van der Waals surface area contributed by atoms with Crippen LogP contribution in [0.4, 0.5) is 0 Å². The van der Waals surface area contributed by atoms with Gasteiger partial charge >= 0.3 is 0 Å². The molecule has 1 aromatic carbocycles. The molecule has 0 radical (unpaired) electrons. The van der Waals surface area contributed by atoms with Crippen LogP contribution in [0.3, 0.4) is 0 Å². The minimum atomic E-state index is -3.07. The zero-order valence-electron chi connectivity index (χ0n) is 12.5. The molecular formula is C15H25NO2S. The lowest BCUT2D eigenvalue weighted by atomic mass is 9.94. The van der Waals surface area contributed by atoms with E-state index in [0.717, 1.165) is 18.4 Å². The Morgan fingerprint density at radius 1 is 1.21 bits per heavy atom. The van der Waals surface area contributed by atoms with Gasteiger partial charge in [0, 0.05) is 12.3 Å². The highest BCUT2D eigenvalue weighted by molar-refractivity contribution is 7.91. The van der Waals surface area contributed by atoms with E-state index in [0.29, 0.717) is 0 Å². The summed E-state index contributed by atoms with van der Waals surface area (Å²) in [4.78, 5) is 0. The summed E-state index contributed by atoms with van der Waals surface area (Å²) in [5, 5.41) is 2.74. The van der Waals surface area contributed by atoms with E-state index in [1.165, 1.54) is 17.4 Å². The molecule has 1 aromatic rings. The van der Waals surface area contributed by atoms with E-state index < -0.39 is 15.1 Å². The second-order valence-corrected chi connectivity index (χ2v) is 7.44. The molecule has 0 fully saturated rings. The maximum absolute atomic E-state index is 11.8. The molecule has 19 heavy (non-hydrogen) atoms. The van der Waals surface area contributed by atoms with E-state index in [-0.39, 0.29) is 6.04 Å². The second-order valence-electron chi connectivity index (χ2n) is 5.04. The summed E-state index contributed by atoms with van der Waals surface area (Å²) in [6.07, 6.45) is 3.17. The molecule has 2 unspecified atom stereocenters. The van der Waals surface area contributed by atoms with Crippen molar-refractivity contribution in [1.82, 2.24) is 5.32 Å². The van der Waals surface area contributed by atoms with Crippen molar-refractivity contribution in [3.05, 3.63) is 34.9 Å². The first-order chi connectivity index (χ1) is 8.85. The van der Waals surface area contributed by atoms with Crippen molar-refractivity contribution < 1.29 is 8.42 Å². The van der Waals surface area contributed by atoms with E-state index >= 15 is 0 Å². The standard InChI is InChI=1S/C15H25NO2S/c1-6-12-8-9-13(7-2)14(10-12)15(16-4)11(3)19(5,17)18/h8-11,15-16H,6-7H2,1-5H3. The quantitative estimate of drug-likeness (QED) is 0.872. The minimum absolute atomic E-state index is 0.156. The molecule has 0 spiro atoms. The molecule has 0 aliphatic heterocycles. The lowest BCUT2D eigenvalue weighted by molar-refractivity contribution is 0.532. The van der Waals surface area contributed by atoms with Gasteiger partial charge in [-0.3, -0.25) is 0 Å². The minimum Gasteiger partial charge on any atom is -0.312 e. The van der Waals surface area contributed by atoms with Crippen molar-refractivity contribution in [1.29, 1.82) is 0 Å². The van der Waals surface area contributed by atoms with Crippen molar-refractivity contribution >= 4 is 9.84 Å². The van der Waals surface area contributed by atoms with Crippen LogP contribution < -0.4 is 5.32 Å². The van der Waals surface area contributed by atoms with Crippen molar-refractivity contribution in [2.45, 2.75) is 44.9 Å². The topological polar surface area (TPSA) is 46.2 Å². The number of sulfone groups is 1. The number of hydrogen-bond donors (Lipinski definition) is 1. The van der Waals surface area contributed by atoms with Crippen molar-refractivity contribution in [3.63, 3.8) is 0 Å². The molecule has 1 N–H and O–H groups in total. The Bertz CT molecular complexity index is 523. The number of aryl methyl sites for hydroxylation is 2. The fourth-order valence-corrected chi connectivity index (χ4v) is 3.14. The van der Waals surface area contributed by atoms with Crippen LogP contribution in [0.25, 0.3) is 0 Å². The molecule has 2 atom stereocenters. The number of hydrogen-bond acceptors (Lipinski definition) is 3. The number of benzene rings is 1. The summed E-state index contributed by atoms with van der Waals surface area (Å²) in [5.41, 5.74) is 3.57. The van der Waals surface area contributed by atoms with Gasteiger partial charge in [0.1, 0.15) is 0 Å². The van der Waals surface area contributed by atoms with Gasteiger partial charge in [-0.1, -0.05) is 32.0 Å². The smallest absolute Gasteiger partial charge is 0.151 e. The largest absolute Gasteiger partial charge is 0.312 e. The Balaban J connectivity index is 3.31. The Kier molecular flexibility index (Phi) is 5.56. The summed E-state index contributed by atoms with van der Waals surface area (Å²) in [5.74, 6) is 0. The van der Waals surface area contributed by atoms with Gasteiger partial charge in [0.2, 0.25) is 0 Å². The zero-order valence-corrected chi connectivity index (χ0v) is 13.3. The Morgan fingerprint density at radius 2 is 1.84 bits per heavy atom. The van der Waals surface area contributed by atoms with Crippen LogP contribution in [0.5, 0.6) is 0 Å². The molecule has 0 aromatic heterocycles. The van der Waals surface area contributed by atoms with Gasteiger partial charge in [0.15, 0.2) is 9.84 Å². The number of rotatable bonds is 6. The highest BCUT2D eigenvalue weighted by Gasteiger charge is 2.27. The molecule has 3 nitrogen and oxygen atoms in total. The van der Waals surface area contributed by atoms with Crippen LogP contribution in [0, 0.1) is 0 Å². The van der Waals surface area contributed by atoms with Gasteiger partial charge in [-0.2, -0.15) is 0 Å². The predicted octanol–water partition coefficient (Wildman–Crippen LogP) is 2.51. The normalized spacial score (nSPS) is 15.2. The summed E-state index contributed by atoms with van der Waals surface area (Å²) < 4.78 is 23.6. The fraction of sp³-hybridized carbons (Fsp3) is 0.600. The third-order valence-corrected chi connectivity index (χ3v) is 5.41. The number of nitrogens with one attached hydrogen (secondary N) is 1.